The van der Waals surface area contributed by atoms with E-state index >= 15 is 0 Å². The summed E-state index contributed by atoms with van der Waals surface area (Å²) >= 11 is 0. The van der Waals surface area contributed by atoms with Crippen molar-refractivity contribution in [3.63, 3.8) is 0 Å². The number of ether oxygens (including phenoxy) is 2. The van der Waals surface area contributed by atoms with Gasteiger partial charge in [-0.05, 0) is 62.0 Å². The molecule has 5 heteroatoms. The van der Waals surface area contributed by atoms with Crippen LogP contribution in [0.5, 0.6) is 0 Å². The van der Waals surface area contributed by atoms with E-state index in [1.807, 2.05) is 37.3 Å². The minimum absolute atomic E-state index is 0.0840. The fraction of sp³-hybridized carbons (Fsp3) is 0.458. The van der Waals surface area contributed by atoms with Crippen LogP contribution in [0.25, 0.3) is 0 Å². The lowest BCUT2D eigenvalue weighted by Gasteiger charge is -2.32. The molecule has 0 aliphatic carbocycles. The van der Waals surface area contributed by atoms with Crippen molar-refractivity contribution >= 4 is 5.97 Å². The summed E-state index contributed by atoms with van der Waals surface area (Å²) in [6.07, 6.45) is 2.34. The molecule has 2 aromatic rings. The monoisotopic (exact) mass is 399 g/mol. The summed E-state index contributed by atoms with van der Waals surface area (Å²) in [6, 6.07) is 16.6. The van der Waals surface area contributed by atoms with Crippen LogP contribution in [0.2, 0.25) is 0 Å². The van der Waals surface area contributed by atoms with Gasteiger partial charge in [0.05, 0.1) is 13.2 Å². The van der Waals surface area contributed by atoms with Gasteiger partial charge in [-0.25, -0.2) is 4.39 Å². The molecule has 0 spiro atoms. The lowest BCUT2D eigenvalue weighted by molar-refractivity contribution is -0.144. The third-order valence-corrected chi connectivity index (χ3v) is 5.43. The molecule has 0 radical (unpaired) electrons. The maximum atomic E-state index is 13.3. The first kappa shape index (κ1) is 21.5. The number of nitrogens with zero attached hydrogens (tertiary/aromatic N) is 1. The summed E-state index contributed by atoms with van der Waals surface area (Å²) in [7, 11) is 0. The maximum Gasteiger partial charge on any atom is 0.306 e. The minimum Gasteiger partial charge on any atom is -0.466 e. The van der Waals surface area contributed by atoms with Crippen molar-refractivity contribution < 1.29 is 18.7 Å². The van der Waals surface area contributed by atoms with E-state index < -0.39 is 0 Å². The van der Waals surface area contributed by atoms with Crippen LogP contribution < -0.4 is 0 Å². The van der Waals surface area contributed by atoms with Crippen molar-refractivity contribution in [2.24, 2.45) is 5.92 Å². The number of likely N-dealkylation sites (tertiary alicyclic amines) is 1. The first-order valence-electron chi connectivity index (χ1n) is 10.5. The average molecular weight is 400 g/mol. The first-order valence-corrected chi connectivity index (χ1v) is 10.5. The van der Waals surface area contributed by atoms with Gasteiger partial charge in [0, 0.05) is 13.0 Å². The standard InChI is InChI=1S/C24H30FNO3/c1-2-28-23(27)18-19-12-14-26(15-13-19)16-17-29-24(20-6-4-3-5-7-20)21-8-10-22(25)11-9-21/h3-11,19,24H,2,12-18H2,1H3. The van der Waals surface area contributed by atoms with Crippen molar-refractivity contribution in [2.45, 2.75) is 32.3 Å². The number of rotatable bonds is 9. The van der Waals surface area contributed by atoms with Crippen LogP contribution in [0, 0.1) is 11.7 Å². The molecule has 1 heterocycles. The van der Waals surface area contributed by atoms with Crippen molar-refractivity contribution in [3.05, 3.63) is 71.5 Å². The van der Waals surface area contributed by atoms with Crippen molar-refractivity contribution in [1.29, 1.82) is 0 Å². The zero-order valence-electron chi connectivity index (χ0n) is 17.1. The van der Waals surface area contributed by atoms with Crippen molar-refractivity contribution in [2.75, 3.05) is 32.8 Å². The van der Waals surface area contributed by atoms with Gasteiger partial charge in [0.15, 0.2) is 0 Å². The largest absolute Gasteiger partial charge is 0.466 e. The highest BCUT2D eigenvalue weighted by Gasteiger charge is 2.22. The molecule has 1 atom stereocenters. The molecule has 4 nitrogen and oxygen atoms in total. The SMILES string of the molecule is CCOC(=O)CC1CCN(CCOC(c2ccccc2)c2ccc(F)cc2)CC1. The normalized spacial score (nSPS) is 16.5. The third-order valence-electron chi connectivity index (χ3n) is 5.43. The molecular formula is C24H30FNO3. The zero-order valence-corrected chi connectivity index (χ0v) is 17.1. The van der Waals surface area contributed by atoms with E-state index in [1.54, 1.807) is 12.1 Å². The summed E-state index contributed by atoms with van der Waals surface area (Å²) in [5.74, 6) is 0.0908. The second-order valence-corrected chi connectivity index (χ2v) is 7.51. The number of esters is 1. The van der Waals surface area contributed by atoms with Crippen LogP contribution in [0.4, 0.5) is 4.39 Å². The molecule has 1 aliphatic heterocycles. The number of hydrogen-bond donors (Lipinski definition) is 0. The third kappa shape index (κ3) is 6.65. The first-order chi connectivity index (χ1) is 14.2. The quantitative estimate of drug-likeness (QED) is 0.578. The van der Waals surface area contributed by atoms with Gasteiger partial charge in [-0.2, -0.15) is 0 Å². The molecule has 29 heavy (non-hydrogen) atoms. The van der Waals surface area contributed by atoms with E-state index in [4.69, 9.17) is 9.47 Å². The number of hydrogen-bond acceptors (Lipinski definition) is 4. The van der Waals surface area contributed by atoms with Crippen molar-refractivity contribution in [1.82, 2.24) is 4.90 Å². The Morgan fingerprint density at radius 1 is 1.07 bits per heavy atom. The fourth-order valence-corrected chi connectivity index (χ4v) is 3.82. The summed E-state index contributed by atoms with van der Waals surface area (Å²) in [4.78, 5) is 14.0. The Morgan fingerprint density at radius 3 is 2.38 bits per heavy atom. The molecule has 156 valence electrons. The minimum atomic E-state index is -0.244. The second kappa shape index (κ2) is 11.1. The van der Waals surface area contributed by atoms with Gasteiger partial charge in [0.25, 0.3) is 0 Å². The molecule has 0 aromatic heterocycles. The van der Waals surface area contributed by atoms with E-state index in [0.29, 0.717) is 25.6 Å². The molecule has 1 unspecified atom stereocenters. The average Bonchev–Trinajstić information content (AvgIpc) is 2.74. The maximum absolute atomic E-state index is 13.3. The molecule has 0 amide bonds. The van der Waals surface area contributed by atoms with E-state index in [-0.39, 0.29) is 17.9 Å². The summed E-state index contributed by atoms with van der Waals surface area (Å²) in [5.41, 5.74) is 2.01. The van der Waals surface area contributed by atoms with Gasteiger partial charge in [0.1, 0.15) is 11.9 Å². The molecule has 2 aromatic carbocycles. The summed E-state index contributed by atoms with van der Waals surface area (Å²) in [6.45, 7) is 5.68. The molecule has 0 N–H and O–H groups in total. The molecular weight excluding hydrogens is 369 g/mol. The predicted molar refractivity (Wildman–Crippen MR) is 111 cm³/mol. The van der Waals surface area contributed by atoms with Crippen LogP contribution in [0.1, 0.15) is 43.4 Å². The van der Waals surface area contributed by atoms with E-state index in [0.717, 1.165) is 43.6 Å². The lowest BCUT2D eigenvalue weighted by Crippen LogP contribution is -2.36. The molecule has 3 rings (SSSR count). The van der Waals surface area contributed by atoms with E-state index in [2.05, 4.69) is 4.90 Å². The highest BCUT2D eigenvalue weighted by atomic mass is 19.1. The molecule has 0 bridgehead atoms. The molecule has 0 saturated carbocycles. The van der Waals surface area contributed by atoms with E-state index in [1.165, 1.54) is 12.1 Å². The topological polar surface area (TPSA) is 38.8 Å². The van der Waals surface area contributed by atoms with Gasteiger partial charge in [-0.3, -0.25) is 4.79 Å². The predicted octanol–water partition coefficient (Wildman–Crippen LogP) is 4.60. The molecule has 1 fully saturated rings. The Labute approximate surface area is 172 Å². The number of benzene rings is 2. The smallest absolute Gasteiger partial charge is 0.306 e. The number of carbonyl (C=O) groups is 1. The Kier molecular flexibility index (Phi) is 8.20. The molecule has 1 aliphatic rings. The number of carbonyl (C=O) groups excluding carboxylic acids is 1. The Morgan fingerprint density at radius 2 is 1.72 bits per heavy atom. The fourth-order valence-electron chi connectivity index (χ4n) is 3.82. The number of piperidine rings is 1. The van der Waals surface area contributed by atoms with E-state index in [9.17, 15) is 9.18 Å². The molecule has 1 saturated heterocycles. The highest BCUT2D eigenvalue weighted by Crippen LogP contribution is 2.26. The van der Waals surface area contributed by atoms with Crippen molar-refractivity contribution in [3.8, 4) is 0 Å². The van der Waals surface area contributed by atoms with Gasteiger partial charge in [-0.1, -0.05) is 42.5 Å². The Balaban J connectivity index is 1.49. The van der Waals surface area contributed by atoms with Gasteiger partial charge in [-0.15, -0.1) is 0 Å². The van der Waals surface area contributed by atoms with Gasteiger partial charge < -0.3 is 14.4 Å². The van der Waals surface area contributed by atoms with Gasteiger partial charge in [0.2, 0.25) is 0 Å². The highest BCUT2D eigenvalue weighted by molar-refractivity contribution is 5.69. The van der Waals surface area contributed by atoms with Crippen LogP contribution in [-0.4, -0.2) is 43.7 Å². The van der Waals surface area contributed by atoms with Gasteiger partial charge >= 0.3 is 5.97 Å². The summed E-state index contributed by atoms with van der Waals surface area (Å²) in [5, 5.41) is 0. The van der Waals surface area contributed by atoms with Crippen LogP contribution >= 0.6 is 0 Å². The Hall–Kier alpha value is -2.24. The van der Waals surface area contributed by atoms with Crippen LogP contribution in [0.3, 0.4) is 0 Å². The Bertz CT molecular complexity index is 742. The van der Waals surface area contributed by atoms with Crippen LogP contribution in [-0.2, 0) is 14.3 Å². The lowest BCUT2D eigenvalue weighted by atomic mass is 9.93. The summed E-state index contributed by atoms with van der Waals surface area (Å²) < 4.78 is 24.6. The van der Waals surface area contributed by atoms with Crippen LogP contribution in [0.15, 0.2) is 54.6 Å². The second-order valence-electron chi connectivity index (χ2n) is 7.51. The zero-order chi connectivity index (χ0) is 20.5. The number of halogens is 1.